The Morgan fingerprint density at radius 1 is 1.31 bits per heavy atom. The van der Waals surface area contributed by atoms with Gasteiger partial charge in [0.1, 0.15) is 17.8 Å². The van der Waals surface area contributed by atoms with E-state index in [0.717, 1.165) is 5.56 Å². The van der Waals surface area contributed by atoms with Gasteiger partial charge in [-0.3, -0.25) is 4.79 Å². The second kappa shape index (κ2) is 4.18. The molecule has 0 bridgehead atoms. The Morgan fingerprint density at radius 2 is 2.12 bits per heavy atom. The van der Waals surface area contributed by atoms with E-state index in [4.69, 9.17) is 0 Å². The van der Waals surface area contributed by atoms with Gasteiger partial charge in [-0.05, 0) is 30.7 Å². The number of halogens is 1. The summed E-state index contributed by atoms with van der Waals surface area (Å²) in [6, 6.07) is 5.63. The van der Waals surface area contributed by atoms with E-state index in [1.807, 2.05) is 0 Å². The van der Waals surface area contributed by atoms with Crippen LogP contribution in [-0.4, -0.2) is 15.8 Å². The summed E-state index contributed by atoms with van der Waals surface area (Å²) in [5, 5.41) is 0. The van der Waals surface area contributed by atoms with Crippen molar-refractivity contribution in [3.8, 4) is 0 Å². The molecule has 0 aliphatic rings. The molecular formula is C12H9FN2O. The maximum absolute atomic E-state index is 13.0. The molecule has 0 unspecified atom stereocenters. The van der Waals surface area contributed by atoms with Crippen molar-refractivity contribution in [3.63, 3.8) is 0 Å². The van der Waals surface area contributed by atoms with Crippen LogP contribution in [0.1, 0.15) is 21.6 Å². The summed E-state index contributed by atoms with van der Waals surface area (Å²) in [5.74, 6) is -0.720. The first-order chi connectivity index (χ1) is 7.68. The Morgan fingerprint density at radius 3 is 2.81 bits per heavy atom. The summed E-state index contributed by atoms with van der Waals surface area (Å²) in [7, 11) is 0. The number of rotatable bonds is 2. The van der Waals surface area contributed by atoms with Gasteiger partial charge in [0.2, 0.25) is 5.78 Å². The first kappa shape index (κ1) is 10.4. The Bertz CT molecular complexity index is 526. The lowest BCUT2D eigenvalue weighted by atomic mass is 10.0. The first-order valence-corrected chi connectivity index (χ1v) is 4.75. The maximum Gasteiger partial charge on any atom is 0.211 e. The molecule has 0 fully saturated rings. The van der Waals surface area contributed by atoms with Crippen molar-refractivity contribution in [2.24, 2.45) is 0 Å². The topological polar surface area (TPSA) is 42.9 Å². The van der Waals surface area contributed by atoms with Crippen molar-refractivity contribution >= 4 is 5.78 Å². The molecule has 3 nitrogen and oxygen atoms in total. The van der Waals surface area contributed by atoms with E-state index >= 15 is 0 Å². The van der Waals surface area contributed by atoms with Crippen LogP contribution < -0.4 is 0 Å². The van der Waals surface area contributed by atoms with E-state index < -0.39 is 5.82 Å². The minimum absolute atomic E-state index is 0.267. The number of ketones is 1. The quantitative estimate of drug-likeness (QED) is 0.722. The summed E-state index contributed by atoms with van der Waals surface area (Å²) in [6.45, 7) is 1.76. The summed E-state index contributed by atoms with van der Waals surface area (Å²) < 4.78 is 13.0. The molecule has 0 spiro atoms. The molecule has 2 rings (SSSR count). The molecule has 80 valence electrons. The summed E-state index contributed by atoms with van der Waals surface area (Å²) in [6.07, 6.45) is 2.77. The smallest absolute Gasteiger partial charge is 0.211 e. The van der Waals surface area contributed by atoms with Crippen LogP contribution in [0.2, 0.25) is 0 Å². The van der Waals surface area contributed by atoms with Crippen LogP contribution in [-0.2, 0) is 0 Å². The minimum Gasteiger partial charge on any atom is -0.287 e. The Balaban J connectivity index is 2.46. The van der Waals surface area contributed by atoms with Gasteiger partial charge < -0.3 is 0 Å². The Kier molecular flexibility index (Phi) is 2.72. The lowest BCUT2D eigenvalue weighted by Gasteiger charge is -2.03. The molecule has 0 radical (unpaired) electrons. The lowest BCUT2D eigenvalue weighted by molar-refractivity contribution is 0.103. The molecule has 0 aliphatic carbocycles. The van der Waals surface area contributed by atoms with Gasteiger partial charge in [-0.25, -0.2) is 14.4 Å². The van der Waals surface area contributed by atoms with E-state index in [1.165, 1.54) is 30.7 Å². The molecule has 0 N–H and O–H groups in total. The van der Waals surface area contributed by atoms with E-state index in [9.17, 15) is 9.18 Å². The highest BCUT2D eigenvalue weighted by molar-refractivity contribution is 6.08. The van der Waals surface area contributed by atoms with Crippen LogP contribution >= 0.6 is 0 Å². The second-order valence-corrected chi connectivity index (χ2v) is 3.38. The number of benzene rings is 1. The predicted molar refractivity (Wildman–Crippen MR) is 56.6 cm³/mol. The van der Waals surface area contributed by atoms with Crippen molar-refractivity contribution in [2.75, 3.05) is 0 Å². The van der Waals surface area contributed by atoms with Crippen molar-refractivity contribution < 1.29 is 9.18 Å². The highest BCUT2D eigenvalue weighted by Crippen LogP contribution is 2.13. The molecule has 0 atom stereocenters. The van der Waals surface area contributed by atoms with Crippen molar-refractivity contribution in [1.29, 1.82) is 0 Å². The predicted octanol–water partition coefficient (Wildman–Crippen LogP) is 2.16. The fourth-order valence-electron chi connectivity index (χ4n) is 1.40. The zero-order valence-electron chi connectivity index (χ0n) is 8.64. The summed E-state index contributed by atoms with van der Waals surface area (Å²) in [5.41, 5.74) is 1.33. The number of hydrogen-bond acceptors (Lipinski definition) is 3. The third-order valence-corrected chi connectivity index (χ3v) is 2.26. The van der Waals surface area contributed by atoms with E-state index in [1.54, 1.807) is 13.0 Å². The van der Waals surface area contributed by atoms with Crippen molar-refractivity contribution in [2.45, 2.75) is 6.92 Å². The third-order valence-electron chi connectivity index (χ3n) is 2.26. The molecule has 1 aromatic heterocycles. The molecule has 16 heavy (non-hydrogen) atoms. The largest absolute Gasteiger partial charge is 0.287 e. The van der Waals surface area contributed by atoms with Gasteiger partial charge in [-0.15, -0.1) is 0 Å². The number of aromatic nitrogens is 2. The molecule has 0 saturated carbocycles. The Hall–Kier alpha value is -2.10. The van der Waals surface area contributed by atoms with Crippen LogP contribution in [0.5, 0.6) is 0 Å². The Labute approximate surface area is 92.0 Å². The molecular weight excluding hydrogens is 207 g/mol. The molecule has 4 heteroatoms. The average molecular weight is 216 g/mol. The van der Waals surface area contributed by atoms with Crippen molar-refractivity contribution in [3.05, 3.63) is 59.4 Å². The molecule has 0 aliphatic heterocycles. The molecule has 0 saturated heterocycles. The summed E-state index contributed by atoms with van der Waals surface area (Å²) >= 11 is 0. The SMILES string of the molecule is Cc1ccc(F)cc1C(=O)c1ccncn1. The highest BCUT2D eigenvalue weighted by atomic mass is 19.1. The van der Waals surface area contributed by atoms with E-state index in [0.29, 0.717) is 5.56 Å². The standard InChI is InChI=1S/C12H9FN2O/c1-8-2-3-9(13)6-10(8)12(16)11-4-5-14-7-15-11/h2-7H,1H3. The molecule has 2 aromatic rings. The molecule has 1 aromatic carbocycles. The summed E-state index contributed by atoms with van der Waals surface area (Å²) in [4.78, 5) is 19.5. The molecule has 1 heterocycles. The molecule has 0 amide bonds. The van der Waals surface area contributed by atoms with Crippen molar-refractivity contribution in [1.82, 2.24) is 9.97 Å². The third kappa shape index (κ3) is 1.95. The van der Waals surface area contributed by atoms with E-state index in [2.05, 4.69) is 9.97 Å². The van der Waals surface area contributed by atoms with Gasteiger partial charge in [-0.2, -0.15) is 0 Å². The maximum atomic E-state index is 13.0. The zero-order chi connectivity index (χ0) is 11.5. The fraction of sp³-hybridized carbons (Fsp3) is 0.0833. The number of hydrogen-bond donors (Lipinski definition) is 0. The second-order valence-electron chi connectivity index (χ2n) is 3.38. The van der Waals surface area contributed by atoms with Crippen LogP contribution in [0.15, 0.2) is 36.8 Å². The number of carbonyl (C=O) groups excluding carboxylic acids is 1. The van der Waals surface area contributed by atoms with Crippen LogP contribution in [0.25, 0.3) is 0 Å². The van der Waals surface area contributed by atoms with Crippen LogP contribution in [0, 0.1) is 12.7 Å². The number of nitrogens with zero attached hydrogens (tertiary/aromatic N) is 2. The highest BCUT2D eigenvalue weighted by Gasteiger charge is 2.13. The lowest BCUT2D eigenvalue weighted by Crippen LogP contribution is -2.06. The fourth-order valence-corrected chi connectivity index (χ4v) is 1.40. The average Bonchev–Trinajstić information content (AvgIpc) is 2.32. The minimum atomic E-state index is -0.428. The number of aryl methyl sites for hydroxylation is 1. The van der Waals surface area contributed by atoms with Crippen LogP contribution in [0.3, 0.4) is 0 Å². The number of carbonyl (C=O) groups is 1. The zero-order valence-corrected chi connectivity index (χ0v) is 8.64. The normalized spacial score (nSPS) is 10.1. The van der Waals surface area contributed by atoms with E-state index in [-0.39, 0.29) is 11.5 Å². The van der Waals surface area contributed by atoms with Gasteiger partial charge >= 0.3 is 0 Å². The first-order valence-electron chi connectivity index (χ1n) is 4.75. The van der Waals surface area contributed by atoms with Gasteiger partial charge in [0.25, 0.3) is 0 Å². The van der Waals surface area contributed by atoms with Gasteiger partial charge in [-0.1, -0.05) is 6.07 Å². The van der Waals surface area contributed by atoms with Gasteiger partial charge in [0.15, 0.2) is 0 Å². The van der Waals surface area contributed by atoms with Gasteiger partial charge in [0.05, 0.1) is 0 Å². The monoisotopic (exact) mass is 216 g/mol. The van der Waals surface area contributed by atoms with Crippen LogP contribution in [0.4, 0.5) is 4.39 Å². The van der Waals surface area contributed by atoms with Gasteiger partial charge in [0, 0.05) is 11.8 Å².